The molecule has 1 rings (SSSR count). The number of unbranched alkanes of at least 4 members (excludes halogenated alkanes) is 4. The smallest absolute Gasteiger partial charge is 0.407 e. The molecule has 1 aromatic rings. The molecular formula is C21H31NO5. The Morgan fingerprint density at radius 2 is 1.74 bits per heavy atom. The zero-order valence-corrected chi connectivity index (χ0v) is 16.4. The van der Waals surface area contributed by atoms with E-state index in [-0.39, 0.29) is 31.3 Å². The van der Waals surface area contributed by atoms with Crippen molar-refractivity contribution in [1.82, 2.24) is 5.32 Å². The predicted octanol–water partition coefficient (Wildman–Crippen LogP) is 4.16. The minimum absolute atomic E-state index is 0.176. The van der Waals surface area contributed by atoms with Gasteiger partial charge in [-0.1, -0.05) is 62.9 Å². The second-order valence-corrected chi connectivity index (χ2v) is 6.53. The summed E-state index contributed by atoms with van der Waals surface area (Å²) >= 11 is 0. The number of benzene rings is 1. The van der Waals surface area contributed by atoms with Crippen LogP contribution >= 0.6 is 0 Å². The Labute approximate surface area is 161 Å². The van der Waals surface area contributed by atoms with Crippen LogP contribution in [-0.2, 0) is 25.7 Å². The number of carbonyl (C=O) groups is 3. The molecule has 0 aliphatic rings. The van der Waals surface area contributed by atoms with Crippen molar-refractivity contribution in [3.63, 3.8) is 0 Å². The van der Waals surface area contributed by atoms with Crippen LogP contribution in [0, 0.1) is 0 Å². The van der Waals surface area contributed by atoms with Crippen molar-refractivity contribution in [3.05, 3.63) is 35.9 Å². The molecule has 0 spiro atoms. The van der Waals surface area contributed by atoms with Gasteiger partial charge in [-0.15, -0.1) is 0 Å². The third kappa shape index (κ3) is 11.1. The van der Waals surface area contributed by atoms with Crippen molar-refractivity contribution >= 4 is 17.8 Å². The minimum Gasteiger partial charge on any atom is -0.454 e. The maximum absolute atomic E-state index is 11.9. The van der Waals surface area contributed by atoms with Gasteiger partial charge in [0.25, 0.3) is 0 Å². The van der Waals surface area contributed by atoms with E-state index in [0.29, 0.717) is 6.42 Å². The largest absolute Gasteiger partial charge is 0.454 e. The number of amides is 1. The van der Waals surface area contributed by atoms with Crippen LogP contribution in [-0.4, -0.2) is 30.5 Å². The third-order valence-corrected chi connectivity index (χ3v) is 4.10. The summed E-state index contributed by atoms with van der Waals surface area (Å²) in [4.78, 5) is 35.2. The molecule has 0 aliphatic heterocycles. The van der Waals surface area contributed by atoms with Gasteiger partial charge in [0.05, 0.1) is 0 Å². The Morgan fingerprint density at radius 1 is 1.04 bits per heavy atom. The summed E-state index contributed by atoms with van der Waals surface area (Å²) in [6.45, 7) is 3.89. The molecule has 1 N–H and O–H groups in total. The van der Waals surface area contributed by atoms with Crippen LogP contribution in [0.2, 0.25) is 0 Å². The highest BCUT2D eigenvalue weighted by Crippen LogP contribution is 2.08. The summed E-state index contributed by atoms with van der Waals surface area (Å²) < 4.78 is 10.3. The number of ketones is 1. The molecule has 0 bridgehead atoms. The van der Waals surface area contributed by atoms with E-state index in [4.69, 9.17) is 9.47 Å². The van der Waals surface area contributed by atoms with Crippen LogP contribution in [0.5, 0.6) is 0 Å². The number of esters is 1. The van der Waals surface area contributed by atoms with Gasteiger partial charge in [0.15, 0.2) is 11.9 Å². The fourth-order valence-corrected chi connectivity index (χ4v) is 2.52. The fourth-order valence-electron chi connectivity index (χ4n) is 2.52. The number of alkyl carbamates (subject to hydrolysis) is 1. The Hall–Kier alpha value is -2.37. The van der Waals surface area contributed by atoms with Gasteiger partial charge in [0.2, 0.25) is 0 Å². The summed E-state index contributed by atoms with van der Waals surface area (Å²) in [5, 5.41) is 2.57. The Morgan fingerprint density at radius 3 is 2.41 bits per heavy atom. The molecule has 0 saturated heterocycles. The molecule has 1 atom stereocenters. The summed E-state index contributed by atoms with van der Waals surface area (Å²) in [5.41, 5.74) is 0.891. The second kappa shape index (κ2) is 13.8. The molecule has 27 heavy (non-hydrogen) atoms. The summed E-state index contributed by atoms with van der Waals surface area (Å²) in [7, 11) is 0. The molecule has 0 heterocycles. The van der Waals surface area contributed by atoms with E-state index in [1.165, 1.54) is 6.92 Å². The molecule has 6 heteroatoms. The summed E-state index contributed by atoms with van der Waals surface area (Å²) in [6, 6.07) is 9.35. The first-order valence-corrected chi connectivity index (χ1v) is 9.67. The van der Waals surface area contributed by atoms with Crippen molar-refractivity contribution in [2.24, 2.45) is 0 Å². The van der Waals surface area contributed by atoms with Gasteiger partial charge >= 0.3 is 12.1 Å². The topological polar surface area (TPSA) is 81.7 Å². The number of ether oxygens (including phenoxy) is 2. The van der Waals surface area contributed by atoms with Gasteiger partial charge in [0, 0.05) is 19.4 Å². The van der Waals surface area contributed by atoms with E-state index >= 15 is 0 Å². The van der Waals surface area contributed by atoms with E-state index < -0.39 is 12.2 Å². The lowest BCUT2D eigenvalue weighted by Gasteiger charge is -2.15. The highest BCUT2D eigenvalue weighted by Gasteiger charge is 2.19. The van der Waals surface area contributed by atoms with Crippen molar-refractivity contribution in [3.8, 4) is 0 Å². The quantitative estimate of drug-likeness (QED) is 0.412. The van der Waals surface area contributed by atoms with Gasteiger partial charge in [-0.25, -0.2) is 4.79 Å². The zero-order valence-electron chi connectivity index (χ0n) is 16.4. The van der Waals surface area contributed by atoms with E-state index in [1.54, 1.807) is 0 Å². The molecule has 1 amide bonds. The van der Waals surface area contributed by atoms with Crippen molar-refractivity contribution in [2.75, 3.05) is 6.54 Å². The SMILES string of the molecule is CCCCCCCC(=O)O[C@@H](CCNC(=O)OCc1ccccc1)C(C)=O. The number of nitrogens with one attached hydrogen (secondary N) is 1. The van der Waals surface area contributed by atoms with E-state index in [1.807, 2.05) is 30.3 Å². The van der Waals surface area contributed by atoms with Crippen LogP contribution in [0.1, 0.15) is 64.4 Å². The average Bonchev–Trinajstić information content (AvgIpc) is 2.66. The van der Waals surface area contributed by atoms with Crippen LogP contribution in [0.15, 0.2) is 30.3 Å². The van der Waals surface area contributed by atoms with E-state index in [2.05, 4.69) is 12.2 Å². The highest BCUT2D eigenvalue weighted by atomic mass is 16.6. The second-order valence-electron chi connectivity index (χ2n) is 6.53. The lowest BCUT2D eigenvalue weighted by Crippen LogP contribution is -2.32. The molecule has 0 saturated carbocycles. The van der Waals surface area contributed by atoms with Crippen molar-refractivity contribution in [1.29, 1.82) is 0 Å². The summed E-state index contributed by atoms with van der Waals surface area (Å²) in [6.07, 6.45) is 4.34. The van der Waals surface area contributed by atoms with Crippen LogP contribution in [0.25, 0.3) is 0 Å². The number of hydrogen-bond acceptors (Lipinski definition) is 5. The van der Waals surface area contributed by atoms with E-state index in [9.17, 15) is 14.4 Å². The van der Waals surface area contributed by atoms with Crippen LogP contribution in [0.4, 0.5) is 4.79 Å². The van der Waals surface area contributed by atoms with Crippen molar-refractivity contribution < 1.29 is 23.9 Å². The highest BCUT2D eigenvalue weighted by molar-refractivity contribution is 5.83. The molecule has 150 valence electrons. The predicted molar refractivity (Wildman–Crippen MR) is 103 cm³/mol. The Kier molecular flexibility index (Phi) is 11.6. The first-order valence-electron chi connectivity index (χ1n) is 9.67. The first kappa shape index (κ1) is 22.7. The standard InChI is InChI=1S/C21H31NO5/c1-3-4-5-6-10-13-20(24)27-19(17(2)23)14-15-22-21(25)26-16-18-11-8-7-9-12-18/h7-9,11-12,19H,3-6,10,13-16H2,1-2H3,(H,22,25)/t19-/m0/s1. The van der Waals surface area contributed by atoms with Gasteiger partial charge < -0.3 is 14.8 Å². The van der Waals surface area contributed by atoms with Crippen LogP contribution in [0.3, 0.4) is 0 Å². The lowest BCUT2D eigenvalue weighted by molar-refractivity contribution is -0.154. The summed E-state index contributed by atoms with van der Waals surface area (Å²) in [5.74, 6) is -0.591. The Bertz CT molecular complexity index is 573. The fraction of sp³-hybridized carbons (Fsp3) is 0.571. The van der Waals surface area contributed by atoms with Gasteiger partial charge in [-0.2, -0.15) is 0 Å². The molecular weight excluding hydrogens is 346 g/mol. The van der Waals surface area contributed by atoms with Gasteiger partial charge in [0.1, 0.15) is 6.61 Å². The number of Topliss-reactive ketones (excluding diaryl/α,β-unsaturated/α-hetero) is 1. The maximum Gasteiger partial charge on any atom is 0.407 e. The third-order valence-electron chi connectivity index (χ3n) is 4.10. The maximum atomic E-state index is 11.9. The van der Waals surface area contributed by atoms with E-state index in [0.717, 1.165) is 37.7 Å². The lowest BCUT2D eigenvalue weighted by atomic mass is 10.1. The normalized spacial score (nSPS) is 11.5. The minimum atomic E-state index is -0.831. The van der Waals surface area contributed by atoms with Crippen LogP contribution < -0.4 is 5.32 Å². The average molecular weight is 377 g/mol. The molecule has 0 aliphatic carbocycles. The molecule has 0 aromatic heterocycles. The monoisotopic (exact) mass is 377 g/mol. The first-order chi connectivity index (χ1) is 13.0. The van der Waals surface area contributed by atoms with Crippen molar-refractivity contribution in [2.45, 2.75) is 71.5 Å². The van der Waals surface area contributed by atoms with Gasteiger partial charge in [-0.05, 0) is 18.9 Å². The molecule has 0 radical (unpaired) electrons. The number of carbonyl (C=O) groups excluding carboxylic acids is 3. The number of hydrogen-bond donors (Lipinski definition) is 1. The zero-order chi connectivity index (χ0) is 19.9. The molecule has 1 aromatic carbocycles. The molecule has 6 nitrogen and oxygen atoms in total. The number of rotatable bonds is 13. The molecule has 0 fully saturated rings. The van der Waals surface area contributed by atoms with Gasteiger partial charge in [-0.3, -0.25) is 9.59 Å². The molecule has 0 unspecified atom stereocenters. The Balaban J connectivity index is 2.22.